The fourth-order valence-electron chi connectivity index (χ4n) is 3.26. The van der Waals surface area contributed by atoms with E-state index >= 15 is 0 Å². The Bertz CT molecular complexity index is 1280. The highest BCUT2D eigenvalue weighted by Gasteiger charge is 2.23. The number of aromatic nitrogens is 3. The molecule has 3 aromatic rings. The largest absolute Gasteiger partial charge is 0.444 e. The third-order valence-corrected chi connectivity index (χ3v) is 5.55. The lowest BCUT2D eigenvalue weighted by Gasteiger charge is -2.23. The lowest BCUT2D eigenvalue weighted by Crippen LogP contribution is -2.46. The van der Waals surface area contributed by atoms with E-state index in [-0.39, 0.29) is 29.5 Å². The molecule has 0 saturated heterocycles. The number of fused-ring (bicyclic) bond motifs is 1. The predicted octanol–water partition coefficient (Wildman–Crippen LogP) is 2.07. The molecule has 0 radical (unpaired) electrons. The molecule has 0 aliphatic carbocycles. The van der Waals surface area contributed by atoms with Crippen LogP contribution in [-0.4, -0.2) is 65.6 Å². The second-order valence-corrected chi connectivity index (χ2v) is 11.1. The Morgan fingerprint density at radius 3 is 2.56 bits per heavy atom. The van der Waals surface area contributed by atoms with Gasteiger partial charge in [-0.15, -0.1) is 0 Å². The number of benzene rings is 1. The zero-order chi connectivity index (χ0) is 25.1. The van der Waals surface area contributed by atoms with E-state index in [2.05, 4.69) is 25.6 Å². The van der Waals surface area contributed by atoms with Crippen LogP contribution in [0.5, 0.6) is 0 Å². The molecule has 1 aromatic carbocycles. The van der Waals surface area contributed by atoms with Crippen molar-refractivity contribution in [3.63, 3.8) is 0 Å². The lowest BCUT2D eigenvalue weighted by atomic mass is 10.2. The molecule has 182 valence electrons. The van der Waals surface area contributed by atoms with Gasteiger partial charge in [-0.05, 0) is 32.9 Å². The van der Waals surface area contributed by atoms with Crippen molar-refractivity contribution in [1.29, 1.82) is 0 Å². The van der Waals surface area contributed by atoms with E-state index in [0.29, 0.717) is 5.69 Å². The van der Waals surface area contributed by atoms with E-state index in [4.69, 9.17) is 10.5 Å². The summed E-state index contributed by atoms with van der Waals surface area (Å²) < 4.78 is 28.9. The van der Waals surface area contributed by atoms with Gasteiger partial charge < -0.3 is 26.1 Å². The minimum atomic E-state index is -3.41. The van der Waals surface area contributed by atoms with Gasteiger partial charge in [-0.1, -0.05) is 18.2 Å². The summed E-state index contributed by atoms with van der Waals surface area (Å²) >= 11 is 0. The van der Waals surface area contributed by atoms with Crippen LogP contribution in [0.2, 0.25) is 0 Å². The zero-order valence-corrected chi connectivity index (χ0v) is 20.2. The molecule has 0 aliphatic rings. The average Bonchev–Trinajstić information content (AvgIpc) is 3.13. The first-order valence-corrected chi connectivity index (χ1v) is 12.5. The Morgan fingerprint density at radius 2 is 1.94 bits per heavy atom. The highest BCUT2D eigenvalue weighted by atomic mass is 32.2. The summed E-state index contributed by atoms with van der Waals surface area (Å²) in [5.74, 6) is -0.793. The van der Waals surface area contributed by atoms with Gasteiger partial charge in [-0.3, -0.25) is 4.79 Å². The fourth-order valence-corrected chi connectivity index (χ4v) is 4.19. The SMILES string of the molecule is CC(C)(C)OC(=O)NC(CNc1cnc(C(N)=O)c(-c2cc3ccccc3[nH]2)n1)CS(C)(=O)=O. The van der Waals surface area contributed by atoms with Gasteiger partial charge in [0.15, 0.2) is 5.69 Å². The molecule has 0 bridgehead atoms. The number of carbonyl (C=O) groups excluding carboxylic acids is 2. The standard InChI is InChI=1S/C22H28N6O5S/c1-22(2,3)33-21(30)26-14(12-34(4,31)32)10-24-17-11-25-19(20(23)29)18(28-17)16-9-13-7-5-6-8-15(13)27-16/h5-9,11,14,27H,10,12H2,1-4H3,(H2,23,29)(H,24,28)(H,26,30). The van der Waals surface area contributed by atoms with Crippen LogP contribution >= 0.6 is 0 Å². The topological polar surface area (TPSA) is 169 Å². The molecule has 3 rings (SSSR count). The number of nitrogens with two attached hydrogens (primary N) is 1. The number of alkyl carbamates (subject to hydrolysis) is 1. The van der Waals surface area contributed by atoms with Gasteiger partial charge in [0, 0.05) is 23.7 Å². The van der Waals surface area contributed by atoms with Gasteiger partial charge >= 0.3 is 6.09 Å². The van der Waals surface area contributed by atoms with Crippen molar-refractivity contribution >= 4 is 38.6 Å². The van der Waals surface area contributed by atoms with Gasteiger partial charge in [0.1, 0.15) is 27.0 Å². The molecule has 5 N–H and O–H groups in total. The highest BCUT2D eigenvalue weighted by molar-refractivity contribution is 7.90. The highest BCUT2D eigenvalue weighted by Crippen LogP contribution is 2.25. The van der Waals surface area contributed by atoms with Crippen molar-refractivity contribution in [1.82, 2.24) is 20.3 Å². The second-order valence-electron chi connectivity index (χ2n) is 8.90. The third-order valence-electron chi connectivity index (χ3n) is 4.55. The number of hydrogen-bond donors (Lipinski definition) is 4. The first-order valence-electron chi connectivity index (χ1n) is 10.5. The summed E-state index contributed by atoms with van der Waals surface area (Å²) in [4.78, 5) is 35.9. The maximum atomic E-state index is 12.2. The molecule has 0 saturated carbocycles. The number of H-pyrrole nitrogens is 1. The normalized spacial score (nSPS) is 12.8. The van der Waals surface area contributed by atoms with E-state index in [1.807, 2.05) is 30.3 Å². The molecule has 12 heteroatoms. The summed E-state index contributed by atoms with van der Waals surface area (Å²) in [6, 6.07) is 8.58. The monoisotopic (exact) mass is 488 g/mol. The van der Waals surface area contributed by atoms with E-state index in [1.54, 1.807) is 20.8 Å². The van der Waals surface area contributed by atoms with Crippen molar-refractivity contribution in [2.24, 2.45) is 5.73 Å². The van der Waals surface area contributed by atoms with E-state index in [0.717, 1.165) is 17.2 Å². The molecule has 11 nitrogen and oxygen atoms in total. The first kappa shape index (κ1) is 25.0. The minimum absolute atomic E-state index is 0.0169. The number of anilines is 1. The Labute approximate surface area is 197 Å². The second kappa shape index (κ2) is 9.67. The van der Waals surface area contributed by atoms with Crippen LogP contribution in [0.4, 0.5) is 10.6 Å². The molecule has 34 heavy (non-hydrogen) atoms. The number of rotatable bonds is 8. The van der Waals surface area contributed by atoms with Gasteiger partial charge in [-0.25, -0.2) is 23.2 Å². The van der Waals surface area contributed by atoms with Gasteiger partial charge in [0.25, 0.3) is 5.91 Å². The summed E-state index contributed by atoms with van der Waals surface area (Å²) in [7, 11) is -3.41. The number of nitrogens with zero attached hydrogens (tertiary/aromatic N) is 2. The number of carbonyl (C=O) groups is 2. The van der Waals surface area contributed by atoms with Crippen LogP contribution in [0.25, 0.3) is 22.3 Å². The van der Waals surface area contributed by atoms with E-state index in [1.165, 1.54) is 6.20 Å². The Hall–Kier alpha value is -3.67. The van der Waals surface area contributed by atoms with Crippen LogP contribution in [0.3, 0.4) is 0 Å². The maximum Gasteiger partial charge on any atom is 0.407 e. The number of primary amides is 1. The van der Waals surface area contributed by atoms with Crippen LogP contribution in [0.15, 0.2) is 36.5 Å². The van der Waals surface area contributed by atoms with Crippen LogP contribution in [0.1, 0.15) is 31.3 Å². The smallest absolute Gasteiger partial charge is 0.407 e. The van der Waals surface area contributed by atoms with E-state index < -0.39 is 33.5 Å². The molecule has 1 atom stereocenters. The maximum absolute atomic E-state index is 12.2. The van der Waals surface area contributed by atoms with Crippen molar-refractivity contribution in [3.8, 4) is 11.4 Å². The predicted molar refractivity (Wildman–Crippen MR) is 129 cm³/mol. The van der Waals surface area contributed by atoms with Crippen molar-refractivity contribution in [3.05, 3.63) is 42.2 Å². The lowest BCUT2D eigenvalue weighted by molar-refractivity contribution is 0.0511. The molecular weight excluding hydrogens is 460 g/mol. The number of para-hydroxylation sites is 1. The minimum Gasteiger partial charge on any atom is -0.444 e. The van der Waals surface area contributed by atoms with Crippen LogP contribution < -0.4 is 16.4 Å². The Morgan fingerprint density at radius 1 is 1.24 bits per heavy atom. The third kappa shape index (κ3) is 6.91. The molecule has 0 fully saturated rings. The number of aromatic amines is 1. The van der Waals surface area contributed by atoms with Gasteiger partial charge in [0.05, 0.1) is 23.7 Å². The molecule has 0 aliphatic heterocycles. The fraction of sp³-hybridized carbons (Fsp3) is 0.364. The molecule has 2 amide bonds. The summed E-state index contributed by atoms with van der Waals surface area (Å²) in [5, 5.41) is 6.45. The van der Waals surface area contributed by atoms with Crippen molar-refractivity contribution in [2.75, 3.05) is 23.9 Å². The number of amides is 2. The summed E-state index contributed by atoms with van der Waals surface area (Å²) in [5.41, 5.74) is 6.37. The summed E-state index contributed by atoms with van der Waals surface area (Å²) in [6.07, 6.45) is 1.65. The van der Waals surface area contributed by atoms with Crippen molar-refractivity contribution in [2.45, 2.75) is 32.4 Å². The summed E-state index contributed by atoms with van der Waals surface area (Å²) in [6.45, 7) is 5.14. The number of ether oxygens (including phenoxy) is 1. The molecule has 0 spiro atoms. The molecule has 1 unspecified atom stereocenters. The van der Waals surface area contributed by atoms with Crippen LogP contribution in [-0.2, 0) is 14.6 Å². The van der Waals surface area contributed by atoms with Crippen LogP contribution in [0, 0.1) is 0 Å². The van der Waals surface area contributed by atoms with E-state index in [9.17, 15) is 18.0 Å². The van der Waals surface area contributed by atoms with Gasteiger partial charge in [-0.2, -0.15) is 0 Å². The first-order chi connectivity index (χ1) is 15.8. The number of hydrogen-bond acceptors (Lipinski definition) is 8. The zero-order valence-electron chi connectivity index (χ0n) is 19.4. The molecular formula is C22H28N6O5S. The average molecular weight is 489 g/mol. The van der Waals surface area contributed by atoms with Gasteiger partial charge in [0.2, 0.25) is 0 Å². The Kier molecular flexibility index (Phi) is 7.10. The quantitative estimate of drug-likeness (QED) is 0.373. The van der Waals surface area contributed by atoms with Crippen molar-refractivity contribution < 1.29 is 22.7 Å². The molecule has 2 heterocycles. The number of nitrogens with one attached hydrogen (secondary N) is 3. The molecule has 2 aromatic heterocycles. The number of sulfone groups is 1. The Balaban J connectivity index is 1.84.